The predicted octanol–water partition coefficient (Wildman–Crippen LogP) is 4.27. The van der Waals surface area contributed by atoms with Gasteiger partial charge in [0.25, 0.3) is 0 Å². The Morgan fingerprint density at radius 3 is 2.61 bits per heavy atom. The highest BCUT2D eigenvalue weighted by atomic mass is 35.5. The molecule has 2 aromatic heterocycles. The van der Waals surface area contributed by atoms with E-state index in [0.29, 0.717) is 17.9 Å². The van der Waals surface area contributed by atoms with E-state index in [9.17, 15) is 9.90 Å². The molecule has 2 saturated carbocycles. The van der Waals surface area contributed by atoms with Gasteiger partial charge < -0.3 is 10.4 Å². The second-order valence-electron chi connectivity index (χ2n) is 11.3. The molecule has 3 heterocycles. The van der Waals surface area contributed by atoms with Crippen LogP contribution < -0.4 is 5.32 Å². The van der Waals surface area contributed by atoms with Crippen molar-refractivity contribution in [1.29, 1.82) is 0 Å². The minimum Gasteiger partial charge on any atom is -0.388 e. The number of fused-ring (bicyclic) bond motifs is 6. The fraction of sp³-hybridized carbons (Fsp3) is 0.481. The van der Waals surface area contributed by atoms with Gasteiger partial charge in [-0.25, -0.2) is 0 Å². The molecule has 2 N–H and O–H groups in total. The lowest BCUT2D eigenvalue weighted by molar-refractivity contribution is -0.128. The van der Waals surface area contributed by atoms with Crippen LogP contribution in [0.25, 0.3) is 5.00 Å². The summed E-state index contributed by atoms with van der Waals surface area (Å²) in [6, 6.07) is 7.87. The summed E-state index contributed by atoms with van der Waals surface area (Å²) in [4.78, 5) is 19.9. The van der Waals surface area contributed by atoms with Crippen molar-refractivity contribution in [2.24, 2.45) is 10.9 Å². The third-order valence-corrected chi connectivity index (χ3v) is 10.0. The fourth-order valence-electron chi connectivity index (χ4n) is 5.89. The summed E-state index contributed by atoms with van der Waals surface area (Å²) in [5.74, 6) is 1.61. The standard InChI is InChI=1S/C27H28ClN5O2S/c1-14-31-32-24-26(8-9-26)29-21(16-6-4-5-7-18(16)28)20-17-12-15(13-19(17)36-23(20)33(14)24)22(34)30-27(10-11-27)25(2,3)35/h4-7,15,35H,8-13H2,1-3H3,(H,30,34)/t15-/m0/s1. The van der Waals surface area contributed by atoms with E-state index in [0.717, 1.165) is 59.2 Å². The monoisotopic (exact) mass is 521 g/mol. The number of aliphatic hydroxyl groups is 1. The molecule has 1 aliphatic heterocycles. The minimum atomic E-state index is -0.937. The number of hydrogen-bond donors (Lipinski definition) is 2. The lowest BCUT2D eigenvalue weighted by atomic mass is 9.94. The molecule has 4 aliphatic rings. The molecule has 0 radical (unpaired) electrons. The van der Waals surface area contributed by atoms with E-state index in [4.69, 9.17) is 16.6 Å². The first-order chi connectivity index (χ1) is 17.1. The molecule has 1 amide bonds. The number of nitrogens with one attached hydrogen (secondary N) is 1. The minimum absolute atomic E-state index is 0.0245. The quantitative estimate of drug-likeness (QED) is 0.536. The van der Waals surface area contributed by atoms with Crippen LogP contribution >= 0.6 is 22.9 Å². The maximum absolute atomic E-state index is 13.4. The summed E-state index contributed by atoms with van der Waals surface area (Å²) in [6.07, 6.45) is 4.81. The normalized spacial score (nSPS) is 22.4. The highest BCUT2D eigenvalue weighted by Gasteiger charge is 2.56. The van der Waals surface area contributed by atoms with E-state index in [2.05, 4.69) is 20.1 Å². The van der Waals surface area contributed by atoms with Crippen molar-refractivity contribution in [2.75, 3.05) is 0 Å². The van der Waals surface area contributed by atoms with E-state index in [1.807, 2.05) is 31.2 Å². The molecule has 1 spiro atoms. The number of rotatable bonds is 4. The highest BCUT2D eigenvalue weighted by Crippen LogP contribution is 2.54. The Morgan fingerprint density at radius 1 is 1.19 bits per heavy atom. The molecule has 0 saturated heterocycles. The lowest BCUT2D eigenvalue weighted by Gasteiger charge is -2.31. The van der Waals surface area contributed by atoms with Crippen LogP contribution in [0.15, 0.2) is 29.3 Å². The van der Waals surface area contributed by atoms with E-state index in [1.54, 1.807) is 25.2 Å². The van der Waals surface area contributed by atoms with Crippen molar-refractivity contribution in [2.45, 2.75) is 76.0 Å². The molecule has 36 heavy (non-hydrogen) atoms. The Labute approximate surface area is 218 Å². The van der Waals surface area contributed by atoms with Crippen LogP contribution in [0.2, 0.25) is 5.02 Å². The number of aliphatic imine (C=N–C) groups is 1. The number of carbonyl (C=O) groups excluding carboxylic acids is 1. The molecule has 1 aromatic carbocycles. The van der Waals surface area contributed by atoms with Crippen molar-refractivity contribution in [3.05, 3.63) is 62.5 Å². The summed E-state index contributed by atoms with van der Waals surface area (Å²) in [7, 11) is 0. The maximum Gasteiger partial charge on any atom is 0.224 e. The molecule has 1 atom stereocenters. The van der Waals surface area contributed by atoms with Crippen molar-refractivity contribution in [1.82, 2.24) is 20.1 Å². The van der Waals surface area contributed by atoms with Gasteiger partial charge in [-0.1, -0.05) is 29.8 Å². The van der Waals surface area contributed by atoms with Gasteiger partial charge in [0, 0.05) is 26.9 Å². The molecular weight excluding hydrogens is 494 g/mol. The van der Waals surface area contributed by atoms with Crippen molar-refractivity contribution in [3.63, 3.8) is 0 Å². The Morgan fingerprint density at radius 2 is 1.94 bits per heavy atom. The number of thiophene rings is 1. The topological polar surface area (TPSA) is 92.4 Å². The van der Waals surface area contributed by atoms with Gasteiger partial charge in [0.2, 0.25) is 5.91 Å². The van der Waals surface area contributed by atoms with Gasteiger partial charge in [0.05, 0.1) is 16.9 Å². The number of halogens is 1. The van der Waals surface area contributed by atoms with E-state index >= 15 is 0 Å². The number of aryl methyl sites for hydroxylation is 1. The van der Waals surface area contributed by atoms with Crippen LogP contribution in [0.1, 0.15) is 72.7 Å². The molecule has 7 nitrogen and oxygen atoms in total. The van der Waals surface area contributed by atoms with Crippen LogP contribution in [0.4, 0.5) is 0 Å². The van der Waals surface area contributed by atoms with Gasteiger partial charge in [0.15, 0.2) is 5.82 Å². The predicted molar refractivity (Wildman–Crippen MR) is 139 cm³/mol. The molecule has 3 aliphatic carbocycles. The summed E-state index contributed by atoms with van der Waals surface area (Å²) < 4.78 is 2.18. The van der Waals surface area contributed by atoms with E-state index in [-0.39, 0.29) is 17.4 Å². The zero-order valence-electron chi connectivity index (χ0n) is 20.6. The first-order valence-electron chi connectivity index (χ1n) is 12.6. The van der Waals surface area contributed by atoms with Crippen LogP contribution in [-0.4, -0.2) is 42.6 Å². The molecular formula is C27H28ClN5O2S. The van der Waals surface area contributed by atoms with Gasteiger partial charge in [-0.2, -0.15) is 0 Å². The van der Waals surface area contributed by atoms with Gasteiger partial charge in [-0.05, 0) is 70.9 Å². The fourth-order valence-corrected chi connectivity index (χ4v) is 7.57. The number of carbonyl (C=O) groups is 1. The average Bonchev–Trinajstić information content (AvgIpc) is 3.67. The second-order valence-corrected chi connectivity index (χ2v) is 12.8. The Kier molecular flexibility index (Phi) is 4.57. The molecule has 186 valence electrons. The zero-order chi connectivity index (χ0) is 25.0. The largest absolute Gasteiger partial charge is 0.388 e. The van der Waals surface area contributed by atoms with Crippen LogP contribution in [-0.2, 0) is 23.2 Å². The maximum atomic E-state index is 13.4. The van der Waals surface area contributed by atoms with Gasteiger partial charge in [-0.3, -0.25) is 14.4 Å². The third-order valence-electron chi connectivity index (χ3n) is 8.47. The van der Waals surface area contributed by atoms with E-state index < -0.39 is 11.1 Å². The Hall–Kier alpha value is -2.55. The molecule has 9 heteroatoms. The number of amides is 1. The lowest BCUT2D eigenvalue weighted by Crippen LogP contribution is -2.53. The van der Waals surface area contributed by atoms with Crippen molar-refractivity contribution in [3.8, 4) is 5.00 Å². The third kappa shape index (κ3) is 3.13. The molecule has 3 aromatic rings. The zero-order valence-corrected chi connectivity index (χ0v) is 22.1. The molecule has 0 unspecified atom stereocenters. The molecule has 0 bridgehead atoms. The van der Waals surface area contributed by atoms with Crippen molar-refractivity contribution < 1.29 is 9.90 Å². The summed E-state index contributed by atoms with van der Waals surface area (Å²) >= 11 is 8.45. The Bertz CT molecular complexity index is 1470. The SMILES string of the molecule is Cc1nnc2n1-c1sc3c(c1C(c1ccccc1Cl)=NC21CC1)C[C@H](C(=O)NC1(C(C)(C)O)CC1)C3. The Balaban J connectivity index is 1.33. The summed E-state index contributed by atoms with van der Waals surface area (Å²) in [5, 5.41) is 24.5. The van der Waals surface area contributed by atoms with Gasteiger partial charge >= 0.3 is 0 Å². The first kappa shape index (κ1) is 22.6. The summed E-state index contributed by atoms with van der Waals surface area (Å²) in [6.45, 7) is 5.55. The highest BCUT2D eigenvalue weighted by molar-refractivity contribution is 7.15. The van der Waals surface area contributed by atoms with E-state index in [1.165, 1.54) is 10.4 Å². The number of hydrogen-bond acceptors (Lipinski definition) is 6. The van der Waals surface area contributed by atoms with Crippen LogP contribution in [0, 0.1) is 12.8 Å². The smallest absolute Gasteiger partial charge is 0.224 e. The number of aromatic nitrogens is 3. The molecule has 7 rings (SSSR count). The first-order valence-corrected chi connectivity index (χ1v) is 13.8. The number of nitrogens with zero attached hydrogens (tertiary/aromatic N) is 4. The second kappa shape index (κ2) is 7.27. The average molecular weight is 522 g/mol. The van der Waals surface area contributed by atoms with Crippen molar-refractivity contribution >= 4 is 34.6 Å². The molecule has 2 fully saturated rings. The number of benzene rings is 1. The van der Waals surface area contributed by atoms with Gasteiger partial charge in [0.1, 0.15) is 16.4 Å². The van der Waals surface area contributed by atoms with Crippen LogP contribution in [0.3, 0.4) is 0 Å². The van der Waals surface area contributed by atoms with Crippen LogP contribution in [0.5, 0.6) is 0 Å². The van der Waals surface area contributed by atoms with Gasteiger partial charge in [-0.15, -0.1) is 21.5 Å². The summed E-state index contributed by atoms with van der Waals surface area (Å²) in [5.41, 5.74) is 2.24.